The van der Waals surface area contributed by atoms with Crippen molar-refractivity contribution in [1.29, 1.82) is 0 Å². The van der Waals surface area contributed by atoms with Crippen LogP contribution in [0.1, 0.15) is 12.8 Å². The summed E-state index contributed by atoms with van der Waals surface area (Å²) in [4.78, 5) is 21.9. The van der Waals surface area contributed by atoms with Crippen LogP contribution in [0, 0.1) is 34.9 Å². The number of hydrogen-bond donors (Lipinski definition) is 1. The molecule has 0 bridgehead atoms. The van der Waals surface area contributed by atoms with Crippen LogP contribution < -0.4 is 9.62 Å². The maximum absolute atomic E-state index is 14.0. The Kier molecular flexibility index (Phi) is 5.03. The quantitative estimate of drug-likeness (QED) is 0.344. The van der Waals surface area contributed by atoms with E-state index in [2.05, 4.69) is 0 Å². The molecule has 0 saturated carbocycles. The molecule has 0 spiro atoms. The second-order valence-corrected chi connectivity index (χ2v) is 7.41. The zero-order valence-electron chi connectivity index (χ0n) is 13.9. The van der Waals surface area contributed by atoms with Crippen molar-refractivity contribution in [3.63, 3.8) is 0 Å². The lowest BCUT2D eigenvalue weighted by Gasteiger charge is -2.16. The van der Waals surface area contributed by atoms with Crippen LogP contribution in [0.4, 0.5) is 37.7 Å². The molecule has 29 heavy (non-hydrogen) atoms. The molecule has 6 nitrogen and oxygen atoms in total. The van der Waals surface area contributed by atoms with Crippen molar-refractivity contribution in [3.05, 3.63) is 53.1 Å². The number of sulfonamides is 1. The molecule has 0 radical (unpaired) electrons. The van der Waals surface area contributed by atoms with Gasteiger partial charge in [-0.2, -0.15) is 0 Å². The standard InChI is InChI=1S/C16H8F6N2O4S/c17-7-2-1-6(24-9(25)3-4-10(24)26)5-8(7)23-29(27,28)16-14(21)12(19)11(18)13(20)15(16)22/h1-2,5,23H,3-4H2. The van der Waals surface area contributed by atoms with E-state index in [0.717, 1.165) is 6.07 Å². The Bertz CT molecular complexity index is 1120. The van der Waals surface area contributed by atoms with Crippen molar-refractivity contribution in [2.24, 2.45) is 0 Å². The Morgan fingerprint density at radius 3 is 1.79 bits per heavy atom. The first-order chi connectivity index (χ1) is 13.5. The second-order valence-electron chi connectivity index (χ2n) is 5.79. The largest absolute Gasteiger partial charge is 0.276 e. The van der Waals surface area contributed by atoms with Crippen molar-refractivity contribution in [2.45, 2.75) is 17.7 Å². The minimum Gasteiger partial charge on any atom is -0.276 e. The Balaban J connectivity index is 2.08. The number of hydrogen-bond acceptors (Lipinski definition) is 4. The molecule has 154 valence electrons. The summed E-state index contributed by atoms with van der Waals surface area (Å²) in [5.41, 5.74) is -1.24. The predicted octanol–water partition coefficient (Wildman–Crippen LogP) is 2.98. The first-order valence-corrected chi connectivity index (χ1v) is 9.13. The molecule has 3 rings (SSSR count). The summed E-state index contributed by atoms with van der Waals surface area (Å²) in [7, 11) is -5.50. The lowest BCUT2D eigenvalue weighted by atomic mass is 10.2. The molecule has 1 heterocycles. The Morgan fingerprint density at radius 1 is 0.793 bits per heavy atom. The number of benzene rings is 2. The third-order valence-corrected chi connectivity index (χ3v) is 5.33. The van der Waals surface area contributed by atoms with Gasteiger partial charge in [0.05, 0.1) is 11.4 Å². The first-order valence-electron chi connectivity index (χ1n) is 7.65. The summed E-state index contributed by atoms with van der Waals surface area (Å²) < 4.78 is 107. The zero-order valence-corrected chi connectivity index (χ0v) is 14.7. The molecule has 1 fully saturated rings. The fourth-order valence-corrected chi connectivity index (χ4v) is 3.81. The summed E-state index contributed by atoms with van der Waals surface area (Å²) in [6.45, 7) is 0. The lowest BCUT2D eigenvalue weighted by Crippen LogP contribution is -2.28. The maximum atomic E-state index is 14.0. The number of halogens is 6. The highest BCUT2D eigenvalue weighted by molar-refractivity contribution is 7.92. The van der Waals surface area contributed by atoms with Gasteiger partial charge < -0.3 is 0 Å². The van der Waals surface area contributed by atoms with Crippen LogP contribution in [0.5, 0.6) is 0 Å². The highest BCUT2D eigenvalue weighted by Gasteiger charge is 2.35. The van der Waals surface area contributed by atoms with Gasteiger partial charge in [-0.3, -0.25) is 19.2 Å². The summed E-state index contributed by atoms with van der Waals surface area (Å²) in [6, 6.07) is 2.28. The molecule has 1 saturated heterocycles. The van der Waals surface area contributed by atoms with E-state index in [4.69, 9.17) is 0 Å². The minimum absolute atomic E-state index is 0.137. The Labute approximate surface area is 158 Å². The van der Waals surface area contributed by atoms with Gasteiger partial charge in [-0.25, -0.2) is 34.8 Å². The van der Waals surface area contributed by atoms with Crippen molar-refractivity contribution in [1.82, 2.24) is 0 Å². The van der Waals surface area contributed by atoms with E-state index in [1.807, 2.05) is 0 Å². The highest BCUT2D eigenvalue weighted by atomic mass is 32.2. The number of nitrogens with one attached hydrogen (secondary N) is 1. The number of nitrogens with zero attached hydrogens (tertiary/aromatic N) is 1. The van der Waals surface area contributed by atoms with Gasteiger partial charge in [-0.1, -0.05) is 0 Å². The van der Waals surface area contributed by atoms with Crippen LogP contribution in [0.25, 0.3) is 0 Å². The number of carbonyl (C=O) groups is 2. The molecule has 0 aliphatic carbocycles. The number of rotatable bonds is 4. The van der Waals surface area contributed by atoms with Crippen molar-refractivity contribution in [2.75, 3.05) is 9.62 Å². The fraction of sp³-hybridized carbons (Fsp3) is 0.125. The SMILES string of the molecule is O=C1CCC(=O)N1c1ccc(F)c(NS(=O)(=O)c2c(F)c(F)c(F)c(F)c2F)c1. The molecular formula is C16H8F6N2O4S. The number of carbonyl (C=O) groups excluding carboxylic acids is 2. The summed E-state index contributed by atoms with van der Waals surface area (Å²) >= 11 is 0. The van der Waals surface area contributed by atoms with Gasteiger partial charge in [0.25, 0.3) is 10.0 Å². The molecule has 0 aromatic heterocycles. The molecule has 0 unspecified atom stereocenters. The normalized spacial score (nSPS) is 14.6. The molecule has 1 aliphatic rings. The van der Waals surface area contributed by atoms with Crippen LogP contribution in [0.2, 0.25) is 0 Å². The van der Waals surface area contributed by atoms with E-state index in [0.29, 0.717) is 17.0 Å². The van der Waals surface area contributed by atoms with E-state index < -0.39 is 67.3 Å². The van der Waals surface area contributed by atoms with Gasteiger partial charge in [-0.15, -0.1) is 0 Å². The topological polar surface area (TPSA) is 83.6 Å². The average Bonchev–Trinajstić information content (AvgIpc) is 2.98. The smallest absolute Gasteiger partial charge is 0.268 e. The lowest BCUT2D eigenvalue weighted by molar-refractivity contribution is -0.121. The fourth-order valence-electron chi connectivity index (χ4n) is 2.61. The van der Waals surface area contributed by atoms with Crippen molar-refractivity contribution in [3.8, 4) is 0 Å². The van der Waals surface area contributed by atoms with Crippen LogP contribution >= 0.6 is 0 Å². The molecule has 2 aromatic carbocycles. The third-order valence-electron chi connectivity index (χ3n) is 3.94. The monoisotopic (exact) mass is 438 g/mol. The highest BCUT2D eigenvalue weighted by Crippen LogP contribution is 2.31. The van der Waals surface area contributed by atoms with Crippen LogP contribution in [-0.2, 0) is 19.6 Å². The van der Waals surface area contributed by atoms with Gasteiger partial charge >= 0.3 is 0 Å². The van der Waals surface area contributed by atoms with Gasteiger partial charge in [-0.05, 0) is 18.2 Å². The Hall–Kier alpha value is -3.09. The molecule has 1 aliphatic heterocycles. The molecule has 13 heteroatoms. The molecule has 0 atom stereocenters. The van der Waals surface area contributed by atoms with Crippen LogP contribution in [-0.4, -0.2) is 20.2 Å². The summed E-state index contributed by atoms with van der Waals surface area (Å²) in [5, 5.41) is 0. The van der Waals surface area contributed by atoms with E-state index in [-0.39, 0.29) is 18.5 Å². The molecule has 1 N–H and O–H groups in total. The number of amides is 2. The van der Waals surface area contributed by atoms with Crippen LogP contribution in [0.15, 0.2) is 23.1 Å². The average molecular weight is 438 g/mol. The van der Waals surface area contributed by atoms with Crippen LogP contribution in [0.3, 0.4) is 0 Å². The van der Waals surface area contributed by atoms with Crippen molar-refractivity contribution < 1.29 is 44.3 Å². The van der Waals surface area contributed by atoms with E-state index in [9.17, 15) is 44.3 Å². The molecule has 2 aromatic rings. The van der Waals surface area contributed by atoms with Gasteiger partial charge in [0, 0.05) is 12.8 Å². The van der Waals surface area contributed by atoms with E-state index in [1.165, 1.54) is 4.72 Å². The number of imide groups is 1. The minimum atomic E-state index is -5.50. The van der Waals surface area contributed by atoms with E-state index in [1.54, 1.807) is 0 Å². The number of anilines is 2. The second kappa shape index (κ2) is 7.06. The Morgan fingerprint density at radius 2 is 1.28 bits per heavy atom. The molecular weight excluding hydrogens is 430 g/mol. The van der Waals surface area contributed by atoms with Gasteiger partial charge in [0.15, 0.2) is 28.2 Å². The summed E-state index contributed by atoms with van der Waals surface area (Å²) in [5.74, 6) is -15.5. The maximum Gasteiger partial charge on any atom is 0.268 e. The molecule has 2 amide bonds. The van der Waals surface area contributed by atoms with Crippen molar-refractivity contribution >= 4 is 33.2 Å². The van der Waals surface area contributed by atoms with Gasteiger partial charge in [0.1, 0.15) is 5.82 Å². The zero-order chi connectivity index (χ0) is 21.7. The first kappa shape index (κ1) is 20.6. The summed E-state index contributed by atoms with van der Waals surface area (Å²) in [6.07, 6.45) is -0.274. The predicted molar refractivity (Wildman–Crippen MR) is 85.2 cm³/mol. The third kappa shape index (κ3) is 3.41. The van der Waals surface area contributed by atoms with Gasteiger partial charge in [0.2, 0.25) is 17.6 Å². The van der Waals surface area contributed by atoms with E-state index >= 15 is 0 Å².